The number of furan rings is 1. The van der Waals surface area contributed by atoms with Crippen molar-refractivity contribution in [2.75, 3.05) is 5.75 Å². The molecule has 3 aromatic rings. The van der Waals surface area contributed by atoms with E-state index in [-0.39, 0.29) is 5.78 Å². The van der Waals surface area contributed by atoms with Gasteiger partial charge in [-0.05, 0) is 36.4 Å². The van der Waals surface area contributed by atoms with Crippen LogP contribution in [0, 0.1) is 0 Å². The fraction of sp³-hybridized carbons (Fsp3) is 0.0625. The molecule has 3 rings (SSSR count). The maximum absolute atomic E-state index is 12.1. The molecule has 20 heavy (non-hydrogen) atoms. The minimum absolute atomic E-state index is 0.0221. The summed E-state index contributed by atoms with van der Waals surface area (Å²) in [4.78, 5) is 13.2. The highest BCUT2D eigenvalue weighted by molar-refractivity contribution is 8.00. The van der Waals surface area contributed by atoms with E-state index in [0.29, 0.717) is 22.1 Å². The molecule has 0 aliphatic rings. The number of Topliss-reactive ketones (excluding diaryl/α,β-unsaturated/α-hetero) is 1. The van der Waals surface area contributed by atoms with Gasteiger partial charge in [-0.25, -0.2) is 0 Å². The molecule has 0 aliphatic carbocycles. The van der Waals surface area contributed by atoms with Crippen molar-refractivity contribution in [1.82, 2.24) is 0 Å². The maximum atomic E-state index is 12.1. The zero-order valence-electron chi connectivity index (χ0n) is 10.5. The average molecular weight is 303 g/mol. The maximum Gasteiger partial charge on any atom is 0.208 e. The number of hydrogen-bond acceptors (Lipinski definition) is 3. The Labute approximate surface area is 125 Å². The second-order valence-corrected chi connectivity index (χ2v) is 5.80. The molecular weight excluding hydrogens is 292 g/mol. The lowest BCUT2D eigenvalue weighted by Gasteiger charge is -1.98. The molecule has 0 spiro atoms. The highest BCUT2D eigenvalue weighted by Crippen LogP contribution is 2.25. The first-order chi connectivity index (χ1) is 9.72. The molecule has 1 heterocycles. The van der Waals surface area contributed by atoms with Crippen molar-refractivity contribution >= 4 is 40.1 Å². The predicted molar refractivity (Wildman–Crippen MR) is 82.7 cm³/mol. The minimum atomic E-state index is -0.0221. The summed E-state index contributed by atoms with van der Waals surface area (Å²) in [6.07, 6.45) is 0. The molecule has 100 valence electrons. The monoisotopic (exact) mass is 302 g/mol. The fourth-order valence-corrected chi connectivity index (χ4v) is 2.86. The van der Waals surface area contributed by atoms with E-state index in [9.17, 15) is 4.79 Å². The van der Waals surface area contributed by atoms with Crippen LogP contribution in [0.5, 0.6) is 0 Å². The van der Waals surface area contributed by atoms with Gasteiger partial charge >= 0.3 is 0 Å². The molecule has 0 fully saturated rings. The first-order valence-corrected chi connectivity index (χ1v) is 7.49. The zero-order chi connectivity index (χ0) is 13.9. The van der Waals surface area contributed by atoms with Gasteiger partial charge in [0.1, 0.15) is 5.58 Å². The molecule has 0 N–H and O–H groups in total. The van der Waals surface area contributed by atoms with E-state index in [2.05, 4.69) is 0 Å². The fourth-order valence-electron chi connectivity index (χ4n) is 1.89. The van der Waals surface area contributed by atoms with E-state index in [1.807, 2.05) is 30.3 Å². The van der Waals surface area contributed by atoms with Gasteiger partial charge in [0.05, 0.1) is 5.75 Å². The van der Waals surface area contributed by atoms with Crippen LogP contribution in [0.15, 0.2) is 63.9 Å². The summed E-state index contributed by atoms with van der Waals surface area (Å²) in [5.41, 5.74) is 0.683. The van der Waals surface area contributed by atoms with Crippen LogP contribution in [0.4, 0.5) is 0 Å². The molecule has 0 aliphatic heterocycles. The van der Waals surface area contributed by atoms with Crippen LogP contribution in [0.1, 0.15) is 10.6 Å². The summed E-state index contributed by atoms with van der Waals surface area (Å²) >= 11 is 7.42. The van der Waals surface area contributed by atoms with Crippen molar-refractivity contribution in [3.63, 3.8) is 0 Å². The summed E-state index contributed by atoms with van der Waals surface area (Å²) in [7, 11) is 0. The molecule has 0 saturated heterocycles. The van der Waals surface area contributed by atoms with Crippen molar-refractivity contribution in [3.05, 3.63) is 65.4 Å². The summed E-state index contributed by atoms with van der Waals surface area (Å²) in [5.74, 6) is 0.717. The van der Waals surface area contributed by atoms with Crippen molar-refractivity contribution < 1.29 is 9.21 Å². The van der Waals surface area contributed by atoms with Crippen LogP contribution >= 0.6 is 23.4 Å². The molecule has 0 radical (unpaired) electrons. The first-order valence-electron chi connectivity index (χ1n) is 6.12. The third kappa shape index (κ3) is 2.89. The number of carbonyl (C=O) groups is 1. The summed E-state index contributed by atoms with van der Waals surface area (Å²) < 4.78 is 5.55. The summed E-state index contributed by atoms with van der Waals surface area (Å²) in [6.45, 7) is 0. The normalized spacial score (nSPS) is 10.8. The van der Waals surface area contributed by atoms with E-state index in [0.717, 1.165) is 10.3 Å². The smallest absolute Gasteiger partial charge is 0.208 e. The second-order valence-electron chi connectivity index (χ2n) is 4.32. The molecule has 4 heteroatoms. The number of hydrogen-bond donors (Lipinski definition) is 0. The molecule has 0 unspecified atom stereocenters. The van der Waals surface area contributed by atoms with Crippen LogP contribution in [0.2, 0.25) is 5.02 Å². The lowest BCUT2D eigenvalue weighted by atomic mass is 10.2. The topological polar surface area (TPSA) is 30.2 Å². The van der Waals surface area contributed by atoms with Gasteiger partial charge in [0, 0.05) is 15.3 Å². The van der Waals surface area contributed by atoms with E-state index < -0.39 is 0 Å². The number of fused-ring (bicyclic) bond motifs is 1. The number of rotatable bonds is 4. The number of halogens is 1. The Morgan fingerprint density at radius 1 is 1.10 bits per heavy atom. The quantitative estimate of drug-likeness (QED) is 0.498. The van der Waals surface area contributed by atoms with E-state index >= 15 is 0 Å². The highest BCUT2D eigenvalue weighted by atomic mass is 35.5. The van der Waals surface area contributed by atoms with Gasteiger partial charge in [-0.2, -0.15) is 0 Å². The highest BCUT2D eigenvalue weighted by Gasteiger charge is 2.12. The number of thioether (sulfide) groups is 1. The number of carbonyl (C=O) groups excluding carboxylic acids is 1. The average Bonchev–Trinajstić information content (AvgIpc) is 2.89. The second kappa shape index (κ2) is 5.73. The third-order valence-corrected chi connectivity index (χ3v) is 4.11. The molecule has 0 atom stereocenters. The van der Waals surface area contributed by atoms with Crippen molar-refractivity contribution in [2.24, 2.45) is 0 Å². The Bertz CT molecular complexity index is 750. The SMILES string of the molecule is O=C(CSc1ccccc1)c1cc2cc(Cl)ccc2o1. The lowest BCUT2D eigenvalue weighted by molar-refractivity contribution is 0.0994. The number of benzene rings is 2. The summed E-state index contributed by atoms with van der Waals surface area (Å²) in [5, 5.41) is 1.49. The van der Waals surface area contributed by atoms with Gasteiger partial charge in [-0.3, -0.25) is 4.79 Å². The Balaban J connectivity index is 1.75. The Morgan fingerprint density at radius 3 is 2.70 bits per heavy atom. The molecule has 2 nitrogen and oxygen atoms in total. The standard InChI is InChI=1S/C16H11ClO2S/c17-12-6-7-15-11(8-12)9-16(19-15)14(18)10-20-13-4-2-1-3-5-13/h1-9H,10H2. The molecule has 0 amide bonds. The van der Waals surface area contributed by atoms with Crippen LogP contribution < -0.4 is 0 Å². The Hall–Kier alpha value is -1.71. The van der Waals surface area contributed by atoms with Crippen LogP contribution in [-0.4, -0.2) is 11.5 Å². The van der Waals surface area contributed by atoms with Crippen LogP contribution in [0.3, 0.4) is 0 Å². The van der Waals surface area contributed by atoms with Gasteiger partial charge in [-0.1, -0.05) is 29.8 Å². The van der Waals surface area contributed by atoms with Gasteiger partial charge in [0.2, 0.25) is 5.78 Å². The largest absolute Gasteiger partial charge is 0.453 e. The molecule has 1 aromatic heterocycles. The van der Waals surface area contributed by atoms with Gasteiger partial charge in [0.15, 0.2) is 5.76 Å². The van der Waals surface area contributed by atoms with Gasteiger partial charge in [-0.15, -0.1) is 11.8 Å². The predicted octanol–water partition coefficient (Wildman–Crippen LogP) is 5.06. The molecular formula is C16H11ClO2S. The van der Waals surface area contributed by atoms with Crippen LogP contribution in [0.25, 0.3) is 11.0 Å². The van der Waals surface area contributed by atoms with Crippen LogP contribution in [-0.2, 0) is 0 Å². The lowest BCUT2D eigenvalue weighted by Crippen LogP contribution is -2.00. The Kier molecular flexibility index (Phi) is 3.81. The van der Waals surface area contributed by atoms with Gasteiger partial charge in [0.25, 0.3) is 0 Å². The van der Waals surface area contributed by atoms with E-state index in [4.69, 9.17) is 16.0 Å². The zero-order valence-corrected chi connectivity index (χ0v) is 12.1. The molecule has 0 saturated carbocycles. The Morgan fingerprint density at radius 2 is 1.90 bits per heavy atom. The first kappa shape index (κ1) is 13.3. The van der Waals surface area contributed by atoms with Gasteiger partial charge < -0.3 is 4.42 Å². The summed E-state index contributed by atoms with van der Waals surface area (Å²) in [6, 6.07) is 16.9. The molecule has 0 bridgehead atoms. The number of ketones is 1. The third-order valence-electron chi connectivity index (χ3n) is 2.87. The minimum Gasteiger partial charge on any atom is -0.453 e. The van der Waals surface area contributed by atoms with E-state index in [1.165, 1.54) is 11.8 Å². The van der Waals surface area contributed by atoms with E-state index in [1.54, 1.807) is 24.3 Å². The molecule has 2 aromatic carbocycles. The van der Waals surface area contributed by atoms with Crippen molar-refractivity contribution in [2.45, 2.75) is 4.90 Å². The van der Waals surface area contributed by atoms with Crippen molar-refractivity contribution in [1.29, 1.82) is 0 Å². The van der Waals surface area contributed by atoms with Crippen molar-refractivity contribution in [3.8, 4) is 0 Å².